The van der Waals surface area contributed by atoms with Crippen molar-refractivity contribution in [3.8, 4) is 0 Å². The van der Waals surface area contributed by atoms with Crippen LogP contribution in [0.5, 0.6) is 0 Å². The Hall–Kier alpha value is -3.49. The van der Waals surface area contributed by atoms with Gasteiger partial charge in [0.15, 0.2) is 12.2 Å². The number of rotatable bonds is 17. The Bertz CT molecular complexity index is 1150. The predicted molar refractivity (Wildman–Crippen MR) is 155 cm³/mol. The summed E-state index contributed by atoms with van der Waals surface area (Å²) in [6.45, 7) is 2.31. The molecule has 43 heavy (non-hydrogen) atoms. The summed E-state index contributed by atoms with van der Waals surface area (Å²) in [7, 11) is -4.23. The van der Waals surface area contributed by atoms with E-state index >= 15 is 0 Å². The minimum absolute atomic E-state index is 0.0318. The second kappa shape index (κ2) is 21.2. The maximum Gasteiger partial charge on any atom is 0.397 e. The number of aliphatic hydroxyl groups is 2. The second-order valence-electron chi connectivity index (χ2n) is 9.47. The lowest BCUT2D eigenvalue weighted by atomic mass is 10.1. The number of unbranched alkanes of at least 4 members (excludes halogenated alkanes) is 9. The van der Waals surface area contributed by atoms with Crippen molar-refractivity contribution in [1.82, 2.24) is 0 Å². The summed E-state index contributed by atoms with van der Waals surface area (Å²) in [5.41, 5.74) is 0.0637. The minimum Gasteiger partial charge on any atom is -0.387 e. The van der Waals surface area contributed by atoms with Crippen molar-refractivity contribution in [2.75, 3.05) is 6.61 Å². The van der Waals surface area contributed by atoms with Crippen molar-refractivity contribution < 1.29 is 56.0 Å². The molecule has 0 saturated carbocycles. The lowest BCUT2D eigenvalue weighted by molar-refractivity contribution is -0.166. The summed E-state index contributed by atoms with van der Waals surface area (Å²) in [4.78, 5) is 46.8. The average Bonchev–Trinajstić information content (AvgIpc) is 2.99. The Kier molecular flexibility index (Phi) is 18.5. The highest BCUT2D eigenvalue weighted by molar-refractivity contribution is 7.80. The van der Waals surface area contributed by atoms with E-state index in [-0.39, 0.29) is 17.7 Å². The van der Waals surface area contributed by atoms with E-state index in [2.05, 4.69) is 20.6 Å². The van der Waals surface area contributed by atoms with E-state index < -0.39 is 46.5 Å². The molecule has 0 fully saturated rings. The maximum atomic E-state index is 11.7. The molecule has 0 radical (unpaired) electrons. The van der Waals surface area contributed by atoms with Crippen LogP contribution in [0.2, 0.25) is 0 Å². The van der Waals surface area contributed by atoms with Gasteiger partial charge in [0.2, 0.25) is 0 Å². The highest BCUT2D eigenvalue weighted by Crippen LogP contribution is 2.11. The third-order valence-electron chi connectivity index (χ3n) is 5.92. The van der Waals surface area contributed by atoms with Gasteiger partial charge in [0.1, 0.15) is 0 Å². The zero-order chi connectivity index (χ0) is 32.1. The molecule has 2 atom stereocenters. The van der Waals surface area contributed by atoms with Crippen LogP contribution < -0.4 is 0 Å². The van der Waals surface area contributed by atoms with Crippen LogP contribution in [0.1, 0.15) is 91.8 Å². The molecule has 3 N–H and O–H groups in total. The van der Waals surface area contributed by atoms with E-state index in [0.29, 0.717) is 6.42 Å². The molecule has 0 aliphatic heterocycles. The van der Waals surface area contributed by atoms with Gasteiger partial charge in [0.05, 0.1) is 17.7 Å². The highest BCUT2D eigenvalue weighted by atomic mass is 32.3. The quantitative estimate of drug-likeness (QED) is 0.0985. The molecule has 2 unspecified atom stereocenters. The van der Waals surface area contributed by atoms with Crippen LogP contribution in [-0.2, 0) is 33.6 Å². The van der Waals surface area contributed by atoms with Gasteiger partial charge >= 0.3 is 34.3 Å². The molecule has 0 amide bonds. The van der Waals surface area contributed by atoms with Gasteiger partial charge in [-0.25, -0.2) is 23.4 Å². The molecule has 0 heterocycles. The molecular weight excluding hydrogens is 584 g/mol. The first-order valence-electron chi connectivity index (χ1n) is 14.1. The first-order chi connectivity index (χ1) is 20.5. The molecule has 2 aromatic rings. The van der Waals surface area contributed by atoms with Crippen LogP contribution >= 0.6 is 0 Å². The van der Waals surface area contributed by atoms with Crippen LogP contribution in [0.25, 0.3) is 0 Å². The fourth-order valence-corrected chi connectivity index (χ4v) is 3.91. The Morgan fingerprint density at radius 1 is 0.628 bits per heavy atom. The van der Waals surface area contributed by atoms with Gasteiger partial charge in [0.25, 0.3) is 0 Å². The molecule has 0 aliphatic rings. The van der Waals surface area contributed by atoms with Gasteiger partial charge < -0.3 is 19.7 Å². The summed E-state index contributed by atoms with van der Waals surface area (Å²) < 4.78 is 41.7. The third kappa shape index (κ3) is 17.3. The Balaban J connectivity index is 0.000000474. The minimum atomic E-state index is -4.23. The van der Waals surface area contributed by atoms with Crippen molar-refractivity contribution in [2.45, 2.75) is 83.3 Å². The molecule has 0 spiro atoms. The highest BCUT2D eigenvalue weighted by Gasteiger charge is 2.35. The Morgan fingerprint density at radius 3 is 1.33 bits per heavy atom. The van der Waals surface area contributed by atoms with Gasteiger partial charge in [-0.3, -0.25) is 4.55 Å². The Labute approximate surface area is 251 Å². The number of carbonyl (C=O) groups excluding carboxylic acids is 4. The predicted octanol–water partition coefficient (Wildman–Crippen LogP) is 4.20. The van der Waals surface area contributed by atoms with E-state index in [9.17, 15) is 37.8 Å². The van der Waals surface area contributed by atoms with Crippen LogP contribution in [0.4, 0.5) is 0 Å². The van der Waals surface area contributed by atoms with Crippen molar-refractivity contribution in [2.24, 2.45) is 0 Å². The summed E-state index contributed by atoms with van der Waals surface area (Å²) in [6.07, 6.45) is 7.04. The standard InChI is InChI=1S/C18H14O8.C12H26O4S/c19-13(17(23)25-15(21)11-7-3-1-4-8-11)14(20)18(24)26-16(22)12-9-5-2-6-10-12;1-2-3-4-5-6-7-8-9-10-11-12-16-17(13,14)15/h1-10,13-14,19-20H;2-12H2,1H3,(H,13,14,15). The molecule has 2 aromatic carbocycles. The Morgan fingerprint density at radius 2 is 0.977 bits per heavy atom. The topological polar surface area (TPSA) is 191 Å². The van der Waals surface area contributed by atoms with Crippen molar-refractivity contribution in [3.05, 3.63) is 71.8 Å². The van der Waals surface area contributed by atoms with Gasteiger partial charge in [-0.2, -0.15) is 8.42 Å². The molecule has 0 aliphatic carbocycles. The molecule has 0 saturated heterocycles. The number of aliphatic hydroxyl groups excluding tert-OH is 2. The maximum absolute atomic E-state index is 11.7. The number of hydrogen-bond acceptors (Lipinski definition) is 11. The lowest BCUT2D eigenvalue weighted by Crippen LogP contribution is -2.43. The molecule has 13 heteroatoms. The van der Waals surface area contributed by atoms with Gasteiger partial charge in [0, 0.05) is 0 Å². The van der Waals surface area contributed by atoms with Gasteiger partial charge in [-0.05, 0) is 30.7 Å². The van der Waals surface area contributed by atoms with E-state index in [1.54, 1.807) is 12.1 Å². The van der Waals surface area contributed by atoms with Crippen LogP contribution in [-0.4, -0.2) is 65.9 Å². The average molecular weight is 625 g/mol. The van der Waals surface area contributed by atoms with Gasteiger partial charge in [-0.15, -0.1) is 0 Å². The molecule has 0 aromatic heterocycles. The third-order valence-corrected chi connectivity index (χ3v) is 6.38. The van der Waals surface area contributed by atoms with E-state index in [4.69, 9.17) is 4.55 Å². The zero-order valence-corrected chi connectivity index (χ0v) is 24.9. The molecule has 0 bridgehead atoms. The number of esters is 4. The summed E-state index contributed by atoms with van der Waals surface area (Å²) in [6, 6.07) is 14.8. The largest absolute Gasteiger partial charge is 0.397 e. The molecule has 12 nitrogen and oxygen atoms in total. The first-order valence-corrected chi connectivity index (χ1v) is 15.4. The fraction of sp³-hybridized carbons (Fsp3) is 0.467. The molecular formula is C30H40O12S. The summed E-state index contributed by atoms with van der Waals surface area (Å²) in [5.74, 6) is -5.27. The normalized spacial score (nSPS) is 12.3. The monoisotopic (exact) mass is 624 g/mol. The van der Waals surface area contributed by atoms with E-state index in [1.165, 1.54) is 93.5 Å². The molecule has 238 valence electrons. The SMILES string of the molecule is CCCCCCCCCCCCOS(=O)(=O)O.O=C(OC(=O)C(O)C(O)C(=O)OC(=O)c1ccccc1)c1ccccc1. The second-order valence-corrected chi connectivity index (χ2v) is 10.6. The molecule has 2 rings (SSSR count). The smallest absolute Gasteiger partial charge is 0.387 e. The van der Waals surface area contributed by atoms with Crippen LogP contribution in [0.15, 0.2) is 60.7 Å². The van der Waals surface area contributed by atoms with Crippen molar-refractivity contribution >= 4 is 34.3 Å². The van der Waals surface area contributed by atoms with Crippen LogP contribution in [0.3, 0.4) is 0 Å². The number of benzene rings is 2. The number of carbonyl (C=O) groups is 4. The number of ether oxygens (including phenoxy) is 2. The van der Waals surface area contributed by atoms with E-state index in [0.717, 1.165) is 12.8 Å². The van der Waals surface area contributed by atoms with Crippen LogP contribution in [0, 0.1) is 0 Å². The van der Waals surface area contributed by atoms with Crippen molar-refractivity contribution in [1.29, 1.82) is 0 Å². The zero-order valence-electron chi connectivity index (χ0n) is 24.1. The van der Waals surface area contributed by atoms with Crippen molar-refractivity contribution in [3.63, 3.8) is 0 Å². The number of hydrogen-bond donors (Lipinski definition) is 3. The fourth-order valence-electron chi connectivity index (χ4n) is 3.58. The lowest BCUT2D eigenvalue weighted by Gasteiger charge is -2.14. The summed E-state index contributed by atoms with van der Waals surface area (Å²) >= 11 is 0. The van der Waals surface area contributed by atoms with E-state index in [1.807, 2.05) is 0 Å². The first kappa shape index (κ1) is 37.5. The van der Waals surface area contributed by atoms with Gasteiger partial charge in [-0.1, -0.05) is 101 Å². The summed E-state index contributed by atoms with van der Waals surface area (Å²) in [5, 5.41) is 19.3.